The molecule has 0 aromatic rings. The number of nitrogens with zero attached hydrogens (tertiary/aromatic N) is 2. The van der Waals surface area contributed by atoms with E-state index >= 15 is 0 Å². The zero-order valence-corrected chi connectivity index (χ0v) is 10.6. The van der Waals surface area contributed by atoms with Gasteiger partial charge >= 0.3 is 0 Å². The molecule has 0 amide bonds. The van der Waals surface area contributed by atoms with Gasteiger partial charge in [0, 0.05) is 12.1 Å². The van der Waals surface area contributed by atoms with Crippen LogP contribution in [0.15, 0.2) is 0 Å². The van der Waals surface area contributed by atoms with E-state index in [4.69, 9.17) is 5.73 Å². The molecule has 3 nitrogen and oxygen atoms in total. The molecule has 0 spiro atoms. The molecule has 1 rings (SSSR count). The predicted octanol–water partition coefficient (Wildman–Crippen LogP) is 1.14. The molecule has 1 saturated carbocycles. The van der Waals surface area contributed by atoms with E-state index in [9.17, 15) is 0 Å². The maximum absolute atomic E-state index is 5.92. The maximum Gasteiger partial charge on any atom is 0.0331 e. The van der Waals surface area contributed by atoms with Crippen molar-refractivity contribution in [3.05, 3.63) is 0 Å². The standard InChI is InChI=1S/C12H27N3/c1-4-15(10-6-9-14(2)3)12(11-13)7-5-8-12/h4-11,13H2,1-3H3. The molecule has 2 N–H and O–H groups in total. The van der Waals surface area contributed by atoms with Crippen molar-refractivity contribution in [3.8, 4) is 0 Å². The summed E-state index contributed by atoms with van der Waals surface area (Å²) in [5.41, 5.74) is 6.29. The molecule has 1 fully saturated rings. The molecular formula is C12H27N3. The van der Waals surface area contributed by atoms with Gasteiger partial charge in [0.1, 0.15) is 0 Å². The summed E-state index contributed by atoms with van der Waals surface area (Å²) in [6.07, 6.45) is 5.22. The Labute approximate surface area is 94.6 Å². The number of hydrogen-bond acceptors (Lipinski definition) is 3. The smallest absolute Gasteiger partial charge is 0.0331 e. The summed E-state index contributed by atoms with van der Waals surface area (Å²) in [6, 6.07) is 0. The van der Waals surface area contributed by atoms with E-state index in [1.807, 2.05) is 0 Å². The minimum Gasteiger partial charge on any atom is -0.329 e. The molecule has 0 radical (unpaired) electrons. The molecule has 0 atom stereocenters. The Kier molecular flexibility index (Phi) is 5.03. The average Bonchev–Trinajstić information content (AvgIpc) is 2.14. The lowest BCUT2D eigenvalue weighted by atomic mass is 9.75. The molecule has 0 saturated heterocycles. The Morgan fingerprint density at radius 1 is 1.20 bits per heavy atom. The van der Waals surface area contributed by atoms with E-state index in [0.717, 1.165) is 13.1 Å². The fourth-order valence-electron chi connectivity index (χ4n) is 2.54. The van der Waals surface area contributed by atoms with Crippen molar-refractivity contribution >= 4 is 0 Å². The molecule has 90 valence electrons. The van der Waals surface area contributed by atoms with E-state index < -0.39 is 0 Å². The first-order valence-corrected chi connectivity index (χ1v) is 6.24. The Hall–Kier alpha value is -0.120. The van der Waals surface area contributed by atoms with E-state index in [1.165, 1.54) is 38.8 Å². The van der Waals surface area contributed by atoms with Crippen LogP contribution in [0, 0.1) is 0 Å². The second-order valence-corrected chi connectivity index (χ2v) is 5.02. The number of likely N-dealkylation sites (N-methyl/N-ethyl adjacent to an activating group) is 1. The van der Waals surface area contributed by atoms with Crippen LogP contribution in [0.25, 0.3) is 0 Å². The van der Waals surface area contributed by atoms with Crippen LogP contribution in [0.5, 0.6) is 0 Å². The lowest BCUT2D eigenvalue weighted by molar-refractivity contribution is 0.0255. The van der Waals surface area contributed by atoms with Crippen LogP contribution >= 0.6 is 0 Å². The Morgan fingerprint density at radius 3 is 2.20 bits per heavy atom. The molecule has 0 unspecified atom stereocenters. The first-order chi connectivity index (χ1) is 7.14. The first kappa shape index (κ1) is 12.9. The molecular weight excluding hydrogens is 186 g/mol. The van der Waals surface area contributed by atoms with Gasteiger partial charge in [-0.25, -0.2) is 0 Å². The first-order valence-electron chi connectivity index (χ1n) is 6.24. The fourth-order valence-corrected chi connectivity index (χ4v) is 2.54. The van der Waals surface area contributed by atoms with Gasteiger partial charge in [0.15, 0.2) is 0 Å². The van der Waals surface area contributed by atoms with E-state index in [0.29, 0.717) is 5.54 Å². The van der Waals surface area contributed by atoms with Crippen molar-refractivity contribution in [3.63, 3.8) is 0 Å². The summed E-state index contributed by atoms with van der Waals surface area (Å²) in [4.78, 5) is 4.85. The minimum atomic E-state index is 0.362. The normalized spacial score (nSPS) is 19.6. The van der Waals surface area contributed by atoms with Crippen LogP contribution in [-0.4, -0.2) is 55.6 Å². The summed E-state index contributed by atoms with van der Waals surface area (Å²) in [5.74, 6) is 0. The van der Waals surface area contributed by atoms with Gasteiger partial charge in [0.2, 0.25) is 0 Å². The molecule has 0 bridgehead atoms. The van der Waals surface area contributed by atoms with Crippen molar-refractivity contribution in [2.45, 2.75) is 38.1 Å². The summed E-state index contributed by atoms with van der Waals surface area (Å²) >= 11 is 0. The SMILES string of the molecule is CCN(CCCN(C)C)C1(CN)CCC1. The third-order valence-electron chi connectivity index (χ3n) is 3.75. The maximum atomic E-state index is 5.92. The Bertz CT molecular complexity index is 170. The molecule has 0 aromatic heterocycles. The molecule has 0 heterocycles. The van der Waals surface area contributed by atoms with Crippen molar-refractivity contribution in [2.75, 3.05) is 40.3 Å². The van der Waals surface area contributed by atoms with Gasteiger partial charge in [-0.15, -0.1) is 0 Å². The number of hydrogen-bond donors (Lipinski definition) is 1. The number of nitrogens with two attached hydrogens (primary N) is 1. The third-order valence-corrected chi connectivity index (χ3v) is 3.75. The van der Waals surface area contributed by atoms with Gasteiger partial charge in [0.25, 0.3) is 0 Å². The van der Waals surface area contributed by atoms with Gasteiger partial charge in [-0.3, -0.25) is 4.90 Å². The highest BCUT2D eigenvalue weighted by Gasteiger charge is 2.39. The largest absolute Gasteiger partial charge is 0.329 e. The lowest BCUT2D eigenvalue weighted by Gasteiger charge is -2.49. The zero-order valence-electron chi connectivity index (χ0n) is 10.6. The molecule has 0 aromatic carbocycles. The molecule has 0 aliphatic heterocycles. The van der Waals surface area contributed by atoms with Crippen molar-refractivity contribution in [1.29, 1.82) is 0 Å². The van der Waals surface area contributed by atoms with Gasteiger partial charge in [-0.05, 0) is 59.4 Å². The Balaban J connectivity index is 2.34. The average molecular weight is 213 g/mol. The Morgan fingerprint density at radius 2 is 1.87 bits per heavy atom. The van der Waals surface area contributed by atoms with E-state index in [1.54, 1.807) is 0 Å². The molecule has 15 heavy (non-hydrogen) atoms. The molecule has 1 aliphatic rings. The molecule has 1 aliphatic carbocycles. The van der Waals surface area contributed by atoms with Crippen LogP contribution in [-0.2, 0) is 0 Å². The summed E-state index contributed by atoms with van der Waals surface area (Å²) in [5, 5.41) is 0. The van der Waals surface area contributed by atoms with Crippen LogP contribution in [0.2, 0.25) is 0 Å². The number of rotatable bonds is 7. The van der Waals surface area contributed by atoms with Crippen LogP contribution in [0.4, 0.5) is 0 Å². The highest BCUT2D eigenvalue weighted by molar-refractivity contribution is 4.98. The summed E-state index contributed by atoms with van der Waals surface area (Å²) in [6.45, 7) is 6.61. The van der Waals surface area contributed by atoms with Gasteiger partial charge in [-0.2, -0.15) is 0 Å². The van der Waals surface area contributed by atoms with E-state index in [2.05, 4.69) is 30.8 Å². The lowest BCUT2D eigenvalue weighted by Crippen LogP contribution is -2.58. The van der Waals surface area contributed by atoms with Crippen LogP contribution < -0.4 is 5.73 Å². The van der Waals surface area contributed by atoms with Crippen molar-refractivity contribution in [2.24, 2.45) is 5.73 Å². The summed E-state index contributed by atoms with van der Waals surface area (Å²) in [7, 11) is 4.27. The van der Waals surface area contributed by atoms with Gasteiger partial charge in [0.05, 0.1) is 0 Å². The fraction of sp³-hybridized carbons (Fsp3) is 1.00. The van der Waals surface area contributed by atoms with E-state index in [-0.39, 0.29) is 0 Å². The zero-order chi connectivity index (χ0) is 11.3. The second-order valence-electron chi connectivity index (χ2n) is 5.02. The van der Waals surface area contributed by atoms with Crippen molar-refractivity contribution in [1.82, 2.24) is 9.80 Å². The minimum absolute atomic E-state index is 0.362. The second kappa shape index (κ2) is 5.83. The summed E-state index contributed by atoms with van der Waals surface area (Å²) < 4.78 is 0. The quantitative estimate of drug-likeness (QED) is 0.688. The highest BCUT2D eigenvalue weighted by atomic mass is 15.2. The monoisotopic (exact) mass is 213 g/mol. The van der Waals surface area contributed by atoms with Crippen LogP contribution in [0.1, 0.15) is 32.6 Å². The van der Waals surface area contributed by atoms with Crippen LogP contribution in [0.3, 0.4) is 0 Å². The highest BCUT2D eigenvalue weighted by Crippen LogP contribution is 2.36. The van der Waals surface area contributed by atoms with Gasteiger partial charge < -0.3 is 10.6 Å². The molecule has 3 heteroatoms. The van der Waals surface area contributed by atoms with Gasteiger partial charge in [-0.1, -0.05) is 6.92 Å². The van der Waals surface area contributed by atoms with Crippen molar-refractivity contribution < 1.29 is 0 Å². The topological polar surface area (TPSA) is 32.5 Å². The third kappa shape index (κ3) is 3.16. The predicted molar refractivity (Wildman–Crippen MR) is 66.1 cm³/mol.